The van der Waals surface area contributed by atoms with Crippen LogP contribution in [0.3, 0.4) is 0 Å². The van der Waals surface area contributed by atoms with Gasteiger partial charge in [-0.05, 0) is 47.6 Å². The van der Waals surface area contributed by atoms with Crippen molar-refractivity contribution in [1.82, 2.24) is 0 Å². The van der Waals surface area contributed by atoms with Gasteiger partial charge in [-0.25, -0.2) is 5.57 Å². The van der Waals surface area contributed by atoms with Crippen LogP contribution in [0.4, 0.5) is 0 Å². The summed E-state index contributed by atoms with van der Waals surface area (Å²) >= 11 is -0.392. The molecule has 0 heterocycles. The molecule has 0 amide bonds. The quantitative estimate of drug-likeness (QED) is 0.149. The van der Waals surface area contributed by atoms with E-state index in [1.165, 1.54) is 75.2 Å². The molecule has 0 aliphatic heterocycles. The van der Waals surface area contributed by atoms with Crippen molar-refractivity contribution in [3.05, 3.63) is 150 Å². The average molecular weight is 715 g/mol. The molecule has 3 unspecified atom stereocenters. The number of allylic oxidation sites excluding steroid dienone is 4. The fourth-order valence-corrected chi connectivity index (χ4v) is 11.0. The van der Waals surface area contributed by atoms with Crippen LogP contribution in [-0.2, 0) is 21.7 Å². The van der Waals surface area contributed by atoms with Gasteiger partial charge >= 0.3 is 107 Å². The molecule has 3 heteroatoms. The summed E-state index contributed by atoms with van der Waals surface area (Å²) in [6, 6.07) is 42.3. The van der Waals surface area contributed by atoms with Gasteiger partial charge in [0.25, 0.3) is 0 Å². The SMILES string of the molecule is CC12CC3CC(C1)CC([NH-])(C3)C2.CC1=[C-]C(C)C(C)=C1C.[Ti+2].c1cc[c]([GeH][c]2ccccc2)cc1.c1ccc(-c2ccccc2)cc1. The molecular formula is C44H52GeNTi. The summed E-state index contributed by atoms with van der Waals surface area (Å²) < 4.78 is 3.05. The molecule has 0 saturated heterocycles. The Labute approximate surface area is 306 Å². The van der Waals surface area contributed by atoms with E-state index in [-0.39, 0.29) is 27.3 Å². The van der Waals surface area contributed by atoms with Crippen LogP contribution in [0.1, 0.15) is 73.1 Å². The molecule has 4 saturated carbocycles. The van der Waals surface area contributed by atoms with Gasteiger partial charge in [0.05, 0.1) is 0 Å². The van der Waals surface area contributed by atoms with Crippen molar-refractivity contribution in [1.29, 1.82) is 0 Å². The molecule has 5 aliphatic carbocycles. The van der Waals surface area contributed by atoms with Gasteiger partial charge in [0.2, 0.25) is 0 Å². The summed E-state index contributed by atoms with van der Waals surface area (Å²) in [6.07, 6.45) is 11.3. The Hall–Kier alpha value is -2.42. The minimum absolute atomic E-state index is 0. The van der Waals surface area contributed by atoms with Crippen LogP contribution in [0.15, 0.2) is 138 Å². The average Bonchev–Trinajstić information content (AvgIpc) is 3.27. The Balaban J connectivity index is 0.000000142. The van der Waals surface area contributed by atoms with Gasteiger partial charge in [0, 0.05) is 0 Å². The van der Waals surface area contributed by atoms with E-state index in [1.807, 2.05) is 12.1 Å². The third-order valence-electron chi connectivity index (χ3n) is 10.4. The topological polar surface area (TPSA) is 23.8 Å². The summed E-state index contributed by atoms with van der Waals surface area (Å²) in [5.74, 6) is 2.41. The van der Waals surface area contributed by atoms with Gasteiger partial charge in [-0.3, -0.25) is 6.08 Å². The van der Waals surface area contributed by atoms with Gasteiger partial charge in [-0.15, -0.1) is 12.5 Å². The number of hydrogen-bond acceptors (Lipinski definition) is 0. The molecule has 0 spiro atoms. The third-order valence-corrected chi connectivity index (χ3v) is 13.4. The van der Waals surface area contributed by atoms with E-state index >= 15 is 0 Å². The van der Waals surface area contributed by atoms with Crippen molar-refractivity contribution in [3.63, 3.8) is 0 Å². The second kappa shape index (κ2) is 17.3. The molecule has 1 radical (unpaired) electrons. The number of rotatable bonds is 3. The van der Waals surface area contributed by atoms with Crippen LogP contribution < -0.4 is 8.79 Å². The minimum atomic E-state index is -0.392. The standard InChI is InChI=1S/C12H11Ge.C12H10.C11H18N.C9H13.Ti/c1-3-7-11(8-4-1)13-12-9-5-2-6-10-12;1-3-7-11(8-4-1)12-9-5-2-6-10-12;1-10-3-8-2-9(4-10)6-11(12,5-8)7-10;1-6-5-7(2)9(4)8(6)3;/h1-10,13H;1-10H;8-9,12H,2-7H2,1H3;6H,1-4H3;/q;;2*-1;+2. The summed E-state index contributed by atoms with van der Waals surface area (Å²) in [5.41, 5.74) is 15.7. The van der Waals surface area contributed by atoms with Gasteiger partial charge in [0.1, 0.15) is 0 Å². The van der Waals surface area contributed by atoms with Crippen molar-refractivity contribution < 1.29 is 21.7 Å². The normalized spacial score (nSPS) is 26.3. The maximum absolute atomic E-state index is 8.34. The number of hydrogen-bond donors (Lipinski definition) is 0. The molecule has 3 atom stereocenters. The van der Waals surface area contributed by atoms with Gasteiger partial charge < -0.3 is 5.73 Å². The van der Waals surface area contributed by atoms with Crippen molar-refractivity contribution in [2.45, 2.75) is 78.7 Å². The van der Waals surface area contributed by atoms with Crippen LogP contribution in [0.2, 0.25) is 0 Å². The molecule has 5 aliphatic rings. The second-order valence-electron chi connectivity index (χ2n) is 14.5. The monoisotopic (exact) mass is 716 g/mol. The van der Waals surface area contributed by atoms with Crippen LogP contribution in [0, 0.1) is 29.2 Å². The first kappa shape index (κ1) is 37.4. The summed E-state index contributed by atoms with van der Waals surface area (Å²) in [4.78, 5) is 0. The van der Waals surface area contributed by atoms with Crippen LogP contribution in [0.5, 0.6) is 0 Å². The zero-order valence-corrected chi connectivity index (χ0v) is 33.1. The van der Waals surface area contributed by atoms with Crippen molar-refractivity contribution in [2.24, 2.45) is 23.2 Å². The predicted molar refractivity (Wildman–Crippen MR) is 201 cm³/mol. The first-order chi connectivity index (χ1) is 22.1. The van der Waals surface area contributed by atoms with E-state index in [0.29, 0.717) is 11.3 Å². The molecule has 241 valence electrons. The molecule has 47 heavy (non-hydrogen) atoms. The van der Waals surface area contributed by atoms with Gasteiger partial charge in [-0.2, -0.15) is 11.1 Å². The zero-order chi connectivity index (χ0) is 32.6. The Bertz CT molecular complexity index is 1470. The number of nitrogens with one attached hydrogen (secondary N) is 1. The molecule has 1 nitrogen and oxygen atoms in total. The molecule has 0 aromatic heterocycles. The predicted octanol–water partition coefficient (Wildman–Crippen LogP) is 10.5. The zero-order valence-electron chi connectivity index (χ0n) is 29.1. The first-order valence-electron chi connectivity index (χ1n) is 17.2. The smallest absolute Gasteiger partial charge is 0.0184 e. The fourth-order valence-electron chi connectivity index (χ4n) is 8.43. The maximum atomic E-state index is 8.34. The van der Waals surface area contributed by atoms with E-state index < -0.39 is 15.4 Å². The molecule has 4 bridgehead atoms. The van der Waals surface area contributed by atoms with E-state index in [2.05, 4.69) is 150 Å². The van der Waals surface area contributed by atoms with Crippen molar-refractivity contribution in [3.8, 4) is 11.1 Å². The minimum Gasteiger partial charge on any atom is -0.0622 e. The largest absolute Gasteiger partial charge is 0.0622 e. The Morgan fingerprint density at radius 2 is 1.04 bits per heavy atom. The van der Waals surface area contributed by atoms with E-state index in [4.69, 9.17) is 5.73 Å². The molecule has 9 rings (SSSR count). The summed E-state index contributed by atoms with van der Waals surface area (Å²) in [7, 11) is 0. The molecule has 4 aromatic rings. The van der Waals surface area contributed by atoms with Crippen molar-refractivity contribution >= 4 is 24.2 Å². The van der Waals surface area contributed by atoms with Crippen molar-refractivity contribution in [2.75, 3.05) is 0 Å². The van der Waals surface area contributed by atoms with Crippen LogP contribution in [0.25, 0.3) is 16.9 Å². The Morgan fingerprint density at radius 3 is 1.34 bits per heavy atom. The summed E-state index contributed by atoms with van der Waals surface area (Å²) in [5, 5.41) is 0. The van der Waals surface area contributed by atoms with Crippen LogP contribution in [-0.4, -0.2) is 21.0 Å². The third kappa shape index (κ3) is 10.8. The maximum Gasteiger partial charge on any atom is -0.0184 e. The molecule has 1 N–H and O–H groups in total. The van der Waals surface area contributed by atoms with Gasteiger partial charge in [0.15, 0.2) is 0 Å². The molecule has 4 aromatic carbocycles. The van der Waals surface area contributed by atoms with E-state index in [9.17, 15) is 0 Å². The molecule has 4 fully saturated rings. The fraction of sp³-hybridized carbons (Fsp3) is 0.364. The first-order valence-corrected chi connectivity index (χ1v) is 19.6. The van der Waals surface area contributed by atoms with Crippen LogP contribution >= 0.6 is 0 Å². The van der Waals surface area contributed by atoms with E-state index in [0.717, 1.165) is 11.8 Å². The van der Waals surface area contributed by atoms with E-state index in [1.54, 1.807) is 0 Å². The molecular weight excluding hydrogens is 663 g/mol. The Morgan fingerprint density at radius 1 is 0.638 bits per heavy atom. The Kier molecular flexibility index (Phi) is 13.8. The van der Waals surface area contributed by atoms with Gasteiger partial charge in [-0.1, -0.05) is 114 Å². The number of benzene rings is 4. The second-order valence-corrected chi connectivity index (χ2v) is 18.0. The summed E-state index contributed by atoms with van der Waals surface area (Å²) in [6.45, 7) is 11.1.